The third-order valence-electron chi connectivity index (χ3n) is 4.36. The molecule has 0 aliphatic heterocycles. The highest BCUT2D eigenvalue weighted by Crippen LogP contribution is 2.37. The van der Waals surface area contributed by atoms with Gasteiger partial charge in [0, 0.05) is 5.92 Å². The molecule has 2 unspecified atom stereocenters. The summed E-state index contributed by atoms with van der Waals surface area (Å²) in [4.78, 5) is 4.37. The number of aromatic nitrogens is 2. The number of hydrogen-bond donors (Lipinski definition) is 1. The molecule has 1 heterocycles. The van der Waals surface area contributed by atoms with Crippen LogP contribution in [0.15, 0.2) is 22.7 Å². The van der Waals surface area contributed by atoms with Gasteiger partial charge in [0.15, 0.2) is 5.82 Å². The number of halogens is 1. The highest BCUT2D eigenvalue weighted by molar-refractivity contribution is 5.61. The Morgan fingerprint density at radius 3 is 3.05 bits per heavy atom. The molecule has 112 valence electrons. The van der Waals surface area contributed by atoms with Crippen molar-refractivity contribution in [3.63, 3.8) is 0 Å². The minimum absolute atomic E-state index is 0.0540. The molecule has 1 aliphatic carbocycles. The van der Waals surface area contributed by atoms with Crippen LogP contribution in [0, 0.1) is 11.7 Å². The molecule has 4 nitrogen and oxygen atoms in total. The molecule has 2 atom stereocenters. The Bertz CT molecular complexity index is 626. The third kappa shape index (κ3) is 2.91. The van der Waals surface area contributed by atoms with E-state index in [0.717, 1.165) is 12.8 Å². The van der Waals surface area contributed by atoms with Crippen LogP contribution in [0.1, 0.15) is 50.8 Å². The number of phenolic OH excluding ortho intramolecular Hbond substituents is 1. The standard InChI is InChI=1S/C16H19FN2O2/c1-2-10-4-3-5-11(8-10)15-18-16(21-19-15)13-9-12(17)6-7-14(13)20/h6-7,9-11,20H,2-5,8H2,1H3. The van der Waals surface area contributed by atoms with Crippen LogP contribution in [0.5, 0.6) is 5.75 Å². The Morgan fingerprint density at radius 2 is 2.24 bits per heavy atom. The summed E-state index contributed by atoms with van der Waals surface area (Å²) in [6.07, 6.45) is 5.75. The summed E-state index contributed by atoms with van der Waals surface area (Å²) in [6, 6.07) is 3.70. The van der Waals surface area contributed by atoms with Gasteiger partial charge >= 0.3 is 0 Å². The van der Waals surface area contributed by atoms with Crippen LogP contribution in [-0.4, -0.2) is 15.2 Å². The Morgan fingerprint density at radius 1 is 1.38 bits per heavy atom. The number of phenols is 1. The van der Waals surface area contributed by atoms with Gasteiger partial charge < -0.3 is 9.63 Å². The number of hydrogen-bond acceptors (Lipinski definition) is 4. The van der Waals surface area contributed by atoms with E-state index in [1.165, 1.54) is 37.5 Å². The molecule has 0 amide bonds. The van der Waals surface area contributed by atoms with Crippen LogP contribution < -0.4 is 0 Å². The van der Waals surface area contributed by atoms with Crippen molar-refractivity contribution in [3.8, 4) is 17.2 Å². The van der Waals surface area contributed by atoms with Crippen molar-refractivity contribution >= 4 is 0 Å². The van der Waals surface area contributed by atoms with Gasteiger partial charge in [-0.25, -0.2) is 4.39 Å². The molecular weight excluding hydrogens is 271 g/mol. The summed E-state index contributed by atoms with van der Waals surface area (Å²) >= 11 is 0. The zero-order valence-corrected chi connectivity index (χ0v) is 12.1. The van der Waals surface area contributed by atoms with Gasteiger partial charge in [-0.05, 0) is 37.0 Å². The van der Waals surface area contributed by atoms with Gasteiger partial charge in [0.05, 0.1) is 5.56 Å². The SMILES string of the molecule is CCC1CCCC(c2noc(-c3cc(F)ccc3O)n2)C1. The quantitative estimate of drug-likeness (QED) is 0.917. The molecule has 1 aliphatic rings. The molecule has 0 bridgehead atoms. The Balaban J connectivity index is 1.84. The van der Waals surface area contributed by atoms with Crippen LogP contribution in [-0.2, 0) is 0 Å². The number of benzene rings is 1. The second-order valence-corrected chi connectivity index (χ2v) is 5.76. The zero-order valence-electron chi connectivity index (χ0n) is 12.1. The molecule has 1 aromatic carbocycles. The minimum Gasteiger partial charge on any atom is -0.507 e. The van der Waals surface area contributed by atoms with Gasteiger partial charge in [0.25, 0.3) is 5.89 Å². The van der Waals surface area contributed by atoms with Gasteiger partial charge in [-0.2, -0.15) is 4.98 Å². The van der Waals surface area contributed by atoms with Crippen molar-refractivity contribution < 1.29 is 14.0 Å². The van der Waals surface area contributed by atoms with Crippen LogP contribution in [0.25, 0.3) is 11.5 Å². The number of nitrogens with zero attached hydrogens (tertiary/aromatic N) is 2. The van der Waals surface area contributed by atoms with Gasteiger partial charge in [-0.1, -0.05) is 31.3 Å². The Kier molecular flexibility index (Phi) is 3.90. The fourth-order valence-electron chi connectivity index (χ4n) is 3.09. The fraction of sp³-hybridized carbons (Fsp3) is 0.500. The molecule has 3 rings (SSSR count). The van der Waals surface area contributed by atoms with Crippen molar-refractivity contribution in [1.82, 2.24) is 10.1 Å². The second kappa shape index (κ2) is 5.84. The minimum atomic E-state index is -0.439. The molecule has 2 aromatic rings. The second-order valence-electron chi connectivity index (χ2n) is 5.76. The number of rotatable bonds is 3. The predicted octanol–water partition coefficient (Wildman–Crippen LogP) is 4.27. The van der Waals surface area contributed by atoms with Crippen molar-refractivity contribution in [2.75, 3.05) is 0 Å². The van der Waals surface area contributed by atoms with E-state index in [0.29, 0.717) is 17.7 Å². The summed E-state index contributed by atoms with van der Waals surface area (Å²) in [5.74, 6) is 1.38. The first kappa shape index (κ1) is 14.0. The van der Waals surface area contributed by atoms with Gasteiger partial charge in [-0.15, -0.1) is 0 Å². The van der Waals surface area contributed by atoms with E-state index >= 15 is 0 Å². The first-order valence-electron chi connectivity index (χ1n) is 7.50. The highest BCUT2D eigenvalue weighted by atomic mass is 19.1. The van der Waals surface area contributed by atoms with Crippen LogP contribution in [0.3, 0.4) is 0 Å². The lowest BCUT2D eigenvalue weighted by atomic mass is 9.80. The molecule has 0 spiro atoms. The fourth-order valence-corrected chi connectivity index (χ4v) is 3.09. The zero-order chi connectivity index (χ0) is 14.8. The van der Waals surface area contributed by atoms with Gasteiger partial charge in [0.1, 0.15) is 11.6 Å². The average molecular weight is 290 g/mol. The van der Waals surface area contributed by atoms with Crippen molar-refractivity contribution in [2.24, 2.45) is 5.92 Å². The Labute approximate surface area is 123 Å². The molecule has 1 fully saturated rings. The highest BCUT2D eigenvalue weighted by Gasteiger charge is 2.26. The maximum absolute atomic E-state index is 13.3. The lowest BCUT2D eigenvalue weighted by Crippen LogP contribution is -2.14. The molecule has 5 heteroatoms. The third-order valence-corrected chi connectivity index (χ3v) is 4.36. The van der Waals surface area contributed by atoms with E-state index in [1.807, 2.05) is 0 Å². The molecule has 0 saturated heterocycles. The van der Waals surface area contributed by atoms with Crippen LogP contribution in [0.4, 0.5) is 4.39 Å². The van der Waals surface area contributed by atoms with Crippen LogP contribution in [0.2, 0.25) is 0 Å². The van der Waals surface area contributed by atoms with E-state index in [1.54, 1.807) is 0 Å². The molecule has 1 saturated carbocycles. The van der Waals surface area contributed by atoms with Gasteiger partial charge in [-0.3, -0.25) is 0 Å². The maximum atomic E-state index is 13.3. The van der Waals surface area contributed by atoms with Crippen molar-refractivity contribution in [2.45, 2.75) is 44.9 Å². The first-order chi connectivity index (χ1) is 10.2. The maximum Gasteiger partial charge on any atom is 0.261 e. The van der Waals surface area contributed by atoms with Gasteiger partial charge in [0.2, 0.25) is 0 Å². The number of aromatic hydroxyl groups is 1. The topological polar surface area (TPSA) is 59.2 Å². The predicted molar refractivity (Wildman–Crippen MR) is 76.3 cm³/mol. The van der Waals surface area contributed by atoms with E-state index in [2.05, 4.69) is 17.1 Å². The molecule has 0 radical (unpaired) electrons. The molecular formula is C16H19FN2O2. The lowest BCUT2D eigenvalue weighted by molar-refractivity contribution is 0.300. The van der Waals surface area contributed by atoms with Crippen molar-refractivity contribution in [1.29, 1.82) is 0 Å². The lowest BCUT2D eigenvalue weighted by Gasteiger charge is -2.26. The first-order valence-corrected chi connectivity index (χ1v) is 7.50. The summed E-state index contributed by atoms with van der Waals surface area (Å²) in [7, 11) is 0. The van der Waals surface area contributed by atoms with Crippen molar-refractivity contribution in [3.05, 3.63) is 29.8 Å². The van der Waals surface area contributed by atoms with Crippen LogP contribution >= 0.6 is 0 Å². The summed E-state index contributed by atoms with van der Waals surface area (Å²) in [5.41, 5.74) is 0.247. The van der Waals surface area contributed by atoms with E-state index in [9.17, 15) is 9.50 Å². The van der Waals surface area contributed by atoms with E-state index < -0.39 is 5.82 Å². The summed E-state index contributed by atoms with van der Waals surface area (Å²) in [5, 5.41) is 13.8. The monoisotopic (exact) mass is 290 g/mol. The largest absolute Gasteiger partial charge is 0.507 e. The average Bonchev–Trinajstić information content (AvgIpc) is 2.99. The molecule has 1 aromatic heterocycles. The normalized spacial score (nSPS) is 22.4. The summed E-state index contributed by atoms with van der Waals surface area (Å²) in [6.45, 7) is 2.21. The van der Waals surface area contributed by atoms with E-state index in [4.69, 9.17) is 4.52 Å². The Hall–Kier alpha value is -1.91. The molecule has 21 heavy (non-hydrogen) atoms. The molecule has 1 N–H and O–H groups in total. The smallest absolute Gasteiger partial charge is 0.261 e. The van der Waals surface area contributed by atoms with E-state index in [-0.39, 0.29) is 17.2 Å². The summed E-state index contributed by atoms with van der Waals surface area (Å²) < 4.78 is 18.5.